The van der Waals surface area contributed by atoms with Crippen LogP contribution in [0.1, 0.15) is 78.2 Å². The number of esters is 1. The minimum atomic E-state index is -1.04. The molecular formula is C34H45FN2O5. The molecule has 0 saturated carbocycles. The third-order valence-electron chi connectivity index (χ3n) is 7.04. The van der Waals surface area contributed by atoms with Crippen LogP contribution in [0.4, 0.5) is 4.39 Å². The number of carbonyl (C=O) groups excluding carboxylic acids is 1. The largest absolute Gasteiger partial charge is 0.489 e. The average Bonchev–Trinajstić information content (AvgIpc) is 2.93. The number of hydrogen-bond donors (Lipinski definition) is 1. The second-order valence-corrected chi connectivity index (χ2v) is 12.2. The first-order valence-corrected chi connectivity index (χ1v) is 14.4. The van der Waals surface area contributed by atoms with Gasteiger partial charge in [0.1, 0.15) is 23.8 Å². The number of halogens is 1. The van der Waals surface area contributed by atoms with Crippen molar-refractivity contribution in [2.45, 2.75) is 92.3 Å². The predicted molar refractivity (Wildman–Crippen MR) is 163 cm³/mol. The number of ether oxygens (including phenoxy) is 3. The van der Waals surface area contributed by atoms with Gasteiger partial charge in [-0.3, -0.25) is 9.69 Å². The molecule has 3 aromatic rings. The quantitative estimate of drug-likeness (QED) is 0.229. The van der Waals surface area contributed by atoms with Crippen molar-refractivity contribution in [3.63, 3.8) is 0 Å². The molecule has 0 aliphatic carbocycles. The van der Waals surface area contributed by atoms with E-state index in [1.54, 1.807) is 52.0 Å². The molecule has 1 heterocycles. The van der Waals surface area contributed by atoms with Gasteiger partial charge >= 0.3 is 5.97 Å². The van der Waals surface area contributed by atoms with E-state index in [1.807, 2.05) is 24.3 Å². The van der Waals surface area contributed by atoms with E-state index in [0.29, 0.717) is 29.3 Å². The molecule has 42 heavy (non-hydrogen) atoms. The monoisotopic (exact) mass is 580 g/mol. The summed E-state index contributed by atoms with van der Waals surface area (Å²) < 4.78 is 31.8. The Morgan fingerprint density at radius 2 is 1.69 bits per heavy atom. The SMILES string of the molecule is COc1cc(-c2ccc(COc3cccc([C@H](O)[C@H](C)C(=O)OC(C)(C)C)c3)cc2CN(C(C)C)C(C)C)c(F)cn1. The van der Waals surface area contributed by atoms with Gasteiger partial charge in [0.05, 0.1) is 25.3 Å². The summed E-state index contributed by atoms with van der Waals surface area (Å²) in [7, 11) is 1.51. The summed E-state index contributed by atoms with van der Waals surface area (Å²) in [6.07, 6.45) is 0.141. The Morgan fingerprint density at radius 3 is 2.31 bits per heavy atom. The van der Waals surface area contributed by atoms with Crippen molar-refractivity contribution >= 4 is 5.97 Å². The fourth-order valence-electron chi connectivity index (χ4n) is 4.79. The van der Waals surface area contributed by atoms with Crippen LogP contribution >= 0.6 is 0 Å². The summed E-state index contributed by atoms with van der Waals surface area (Å²) in [5.41, 5.74) is 2.99. The van der Waals surface area contributed by atoms with E-state index in [1.165, 1.54) is 13.3 Å². The van der Waals surface area contributed by atoms with Crippen LogP contribution in [0.25, 0.3) is 11.1 Å². The molecule has 7 nitrogen and oxygen atoms in total. The van der Waals surface area contributed by atoms with Crippen LogP contribution in [0.3, 0.4) is 0 Å². The van der Waals surface area contributed by atoms with Crippen molar-refractivity contribution in [2.24, 2.45) is 5.92 Å². The van der Waals surface area contributed by atoms with Gasteiger partial charge in [-0.15, -0.1) is 0 Å². The summed E-state index contributed by atoms with van der Waals surface area (Å²) in [4.78, 5) is 18.8. The molecule has 228 valence electrons. The predicted octanol–water partition coefficient (Wildman–Crippen LogP) is 7.11. The normalized spacial score (nSPS) is 13.4. The molecular weight excluding hydrogens is 535 g/mol. The molecule has 0 aliphatic rings. The van der Waals surface area contributed by atoms with Gasteiger partial charge in [0.2, 0.25) is 5.88 Å². The second-order valence-electron chi connectivity index (χ2n) is 12.2. The summed E-state index contributed by atoms with van der Waals surface area (Å²) in [6.45, 7) is 16.5. The molecule has 0 aliphatic heterocycles. The van der Waals surface area contributed by atoms with E-state index in [0.717, 1.165) is 16.7 Å². The first-order valence-electron chi connectivity index (χ1n) is 14.4. The fourth-order valence-corrected chi connectivity index (χ4v) is 4.79. The average molecular weight is 581 g/mol. The van der Waals surface area contributed by atoms with E-state index in [-0.39, 0.29) is 18.7 Å². The van der Waals surface area contributed by atoms with Crippen LogP contribution in [-0.2, 0) is 22.7 Å². The number of benzene rings is 2. The lowest BCUT2D eigenvalue weighted by molar-refractivity contribution is -0.163. The van der Waals surface area contributed by atoms with Crippen LogP contribution in [0.15, 0.2) is 54.7 Å². The third kappa shape index (κ3) is 8.76. The Labute approximate surface area is 249 Å². The number of rotatable bonds is 12. The molecule has 8 heteroatoms. The van der Waals surface area contributed by atoms with E-state index >= 15 is 0 Å². The van der Waals surface area contributed by atoms with Gasteiger partial charge < -0.3 is 19.3 Å². The topological polar surface area (TPSA) is 81.1 Å². The molecule has 0 amide bonds. The highest BCUT2D eigenvalue weighted by molar-refractivity contribution is 5.73. The Morgan fingerprint density at radius 1 is 1.00 bits per heavy atom. The molecule has 3 rings (SSSR count). The van der Waals surface area contributed by atoms with Crippen molar-refractivity contribution in [3.8, 4) is 22.8 Å². The van der Waals surface area contributed by atoms with Crippen molar-refractivity contribution in [2.75, 3.05) is 7.11 Å². The van der Waals surface area contributed by atoms with Crippen molar-refractivity contribution in [3.05, 3.63) is 77.2 Å². The van der Waals surface area contributed by atoms with Gasteiger partial charge in [0.15, 0.2) is 0 Å². The minimum Gasteiger partial charge on any atom is -0.489 e. The van der Waals surface area contributed by atoms with E-state index in [9.17, 15) is 14.3 Å². The van der Waals surface area contributed by atoms with Crippen LogP contribution in [0.2, 0.25) is 0 Å². The number of nitrogens with zero attached hydrogens (tertiary/aromatic N) is 2. The molecule has 0 bridgehead atoms. The van der Waals surface area contributed by atoms with Gasteiger partial charge in [-0.1, -0.05) is 30.3 Å². The Balaban J connectivity index is 1.87. The van der Waals surface area contributed by atoms with E-state index in [4.69, 9.17) is 14.2 Å². The van der Waals surface area contributed by atoms with Crippen LogP contribution in [0, 0.1) is 11.7 Å². The summed E-state index contributed by atoms with van der Waals surface area (Å²) >= 11 is 0. The van der Waals surface area contributed by atoms with Crippen molar-refractivity contribution in [1.29, 1.82) is 0 Å². The zero-order chi connectivity index (χ0) is 31.2. The minimum absolute atomic E-state index is 0.264. The molecule has 0 saturated heterocycles. The van der Waals surface area contributed by atoms with Crippen molar-refractivity contribution in [1.82, 2.24) is 9.88 Å². The highest BCUT2D eigenvalue weighted by atomic mass is 19.1. The van der Waals surface area contributed by atoms with Gasteiger partial charge in [0, 0.05) is 30.3 Å². The zero-order valence-electron chi connectivity index (χ0n) is 26.3. The second kappa shape index (κ2) is 14.1. The van der Waals surface area contributed by atoms with Gasteiger partial charge in [-0.05, 0) is 89.8 Å². The van der Waals surface area contributed by atoms with Gasteiger partial charge in [0.25, 0.3) is 0 Å². The number of aromatic nitrogens is 1. The summed E-state index contributed by atoms with van der Waals surface area (Å²) in [5.74, 6) is -0.722. The van der Waals surface area contributed by atoms with Gasteiger partial charge in [-0.2, -0.15) is 0 Å². The molecule has 1 N–H and O–H groups in total. The molecule has 0 fully saturated rings. The molecule has 1 aromatic heterocycles. The van der Waals surface area contributed by atoms with Gasteiger partial charge in [-0.25, -0.2) is 9.37 Å². The smallest absolute Gasteiger partial charge is 0.312 e. The van der Waals surface area contributed by atoms with Crippen LogP contribution in [0.5, 0.6) is 11.6 Å². The number of aliphatic hydroxyl groups is 1. The van der Waals surface area contributed by atoms with Crippen LogP contribution in [-0.4, -0.2) is 45.8 Å². The molecule has 0 radical (unpaired) electrons. The van der Waals surface area contributed by atoms with Crippen LogP contribution < -0.4 is 9.47 Å². The molecule has 0 unspecified atom stereocenters. The number of pyridine rings is 1. The first-order chi connectivity index (χ1) is 19.7. The highest BCUT2D eigenvalue weighted by Crippen LogP contribution is 2.32. The Kier molecular flexibility index (Phi) is 11.1. The highest BCUT2D eigenvalue weighted by Gasteiger charge is 2.28. The lowest BCUT2D eigenvalue weighted by Crippen LogP contribution is -2.36. The van der Waals surface area contributed by atoms with Crippen molar-refractivity contribution < 1.29 is 28.5 Å². The number of hydrogen-bond acceptors (Lipinski definition) is 7. The molecule has 2 atom stereocenters. The van der Waals surface area contributed by atoms with E-state index in [2.05, 4.69) is 37.6 Å². The molecule has 0 spiro atoms. The summed E-state index contributed by atoms with van der Waals surface area (Å²) in [6, 6.07) is 15.1. The Bertz CT molecular complexity index is 1340. The standard InChI is InChI=1S/C34H45FN2O5/c1-21(2)37(22(3)4)19-26-15-24(13-14-28(26)29-17-31(40-9)36-18-30(29)35)20-41-27-12-10-11-25(16-27)32(38)23(5)33(39)42-34(6,7)8/h10-18,21-23,32,38H,19-20H2,1-9H3/t23-,32+/m0/s1. The lowest BCUT2D eigenvalue weighted by atomic mass is 9.96. The Hall–Kier alpha value is -3.49. The number of methoxy groups -OCH3 is 1. The third-order valence-corrected chi connectivity index (χ3v) is 7.04. The number of carbonyl (C=O) groups is 1. The maximum absolute atomic E-state index is 15.0. The zero-order valence-corrected chi connectivity index (χ0v) is 26.3. The first kappa shape index (κ1) is 33.0. The van der Waals surface area contributed by atoms with E-state index < -0.39 is 29.4 Å². The summed E-state index contributed by atoms with van der Waals surface area (Å²) in [5, 5.41) is 10.9. The fraction of sp³-hybridized carbons (Fsp3) is 0.471. The maximum Gasteiger partial charge on any atom is 0.312 e. The number of aliphatic hydroxyl groups excluding tert-OH is 1. The lowest BCUT2D eigenvalue weighted by Gasteiger charge is -2.31. The maximum atomic E-state index is 15.0. The molecule has 2 aromatic carbocycles.